The van der Waals surface area contributed by atoms with Gasteiger partial charge in [-0.3, -0.25) is 10.1 Å². The lowest BCUT2D eigenvalue weighted by molar-refractivity contribution is 0.102. The Bertz CT molecular complexity index is 661. The number of nitrogens with zero attached hydrogens (tertiary/aromatic N) is 1. The molecule has 3 rings (SSSR count). The van der Waals surface area contributed by atoms with Crippen molar-refractivity contribution in [2.24, 2.45) is 5.92 Å². The monoisotopic (exact) mass is 300 g/mol. The Hall–Kier alpha value is -2.30. The van der Waals surface area contributed by atoms with E-state index >= 15 is 0 Å². The number of carbonyl (C=O) groups is 1. The van der Waals surface area contributed by atoms with Gasteiger partial charge in [0.25, 0.3) is 5.91 Å². The highest BCUT2D eigenvalue weighted by Crippen LogP contribution is 2.30. The molecule has 1 amide bonds. The molecule has 0 unspecified atom stereocenters. The summed E-state index contributed by atoms with van der Waals surface area (Å²) in [5.41, 5.74) is 2.58. The van der Waals surface area contributed by atoms with Crippen LogP contribution in [0.4, 0.5) is 5.88 Å². The zero-order valence-electron chi connectivity index (χ0n) is 12.9. The summed E-state index contributed by atoms with van der Waals surface area (Å²) < 4.78 is 10.7. The SMILES string of the molecule is CCOc1ccc(C(=O)Nc2onc3c2C[C@@H](C)CC3)cc1. The first-order chi connectivity index (χ1) is 10.7. The highest BCUT2D eigenvalue weighted by molar-refractivity contribution is 6.03. The number of fused-ring (bicyclic) bond motifs is 1. The maximum absolute atomic E-state index is 12.3. The molecule has 1 aliphatic rings. The minimum Gasteiger partial charge on any atom is -0.494 e. The lowest BCUT2D eigenvalue weighted by Crippen LogP contribution is -2.15. The van der Waals surface area contributed by atoms with Crippen LogP contribution in [-0.4, -0.2) is 17.7 Å². The molecule has 0 bridgehead atoms. The molecule has 5 nitrogen and oxygen atoms in total. The van der Waals surface area contributed by atoms with Crippen molar-refractivity contribution in [1.82, 2.24) is 5.16 Å². The van der Waals surface area contributed by atoms with Crippen LogP contribution in [0, 0.1) is 5.92 Å². The van der Waals surface area contributed by atoms with Gasteiger partial charge in [-0.25, -0.2) is 0 Å². The molecule has 2 aromatic rings. The summed E-state index contributed by atoms with van der Waals surface area (Å²) in [5.74, 6) is 1.64. The van der Waals surface area contributed by atoms with E-state index < -0.39 is 0 Å². The van der Waals surface area contributed by atoms with Gasteiger partial charge in [-0.15, -0.1) is 0 Å². The fraction of sp³-hybridized carbons (Fsp3) is 0.412. The number of hydrogen-bond donors (Lipinski definition) is 1. The number of hydrogen-bond acceptors (Lipinski definition) is 4. The molecule has 1 aromatic carbocycles. The van der Waals surface area contributed by atoms with E-state index in [4.69, 9.17) is 9.26 Å². The minimum atomic E-state index is -0.194. The van der Waals surface area contributed by atoms with Crippen molar-refractivity contribution in [3.8, 4) is 5.75 Å². The standard InChI is InChI=1S/C17H20N2O3/c1-3-21-13-7-5-12(6-8-13)16(20)18-17-14-10-11(2)4-9-15(14)19-22-17/h5-8,11H,3-4,9-10H2,1-2H3,(H,18,20)/t11-/m0/s1. The Morgan fingerprint density at radius 2 is 2.18 bits per heavy atom. The van der Waals surface area contributed by atoms with Crippen molar-refractivity contribution in [1.29, 1.82) is 0 Å². The van der Waals surface area contributed by atoms with Crippen molar-refractivity contribution in [3.05, 3.63) is 41.1 Å². The molecule has 22 heavy (non-hydrogen) atoms. The van der Waals surface area contributed by atoms with Crippen LogP contribution in [0.1, 0.15) is 41.9 Å². The highest BCUT2D eigenvalue weighted by Gasteiger charge is 2.24. The number of ether oxygens (including phenoxy) is 1. The van der Waals surface area contributed by atoms with Crippen LogP contribution in [0.2, 0.25) is 0 Å². The number of aryl methyl sites for hydroxylation is 1. The summed E-state index contributed by atoms with van der Waals surface area (Å²) in [6, 6.07) is 7.06. The molecule has 0 fully saturated rings. The number of anilines is 1. The molecule has 0 aliphatic heterocycles. The Morgan fingerprint density at radius 1 is 1.41 bits per heavy atom. The number of carbonyl (C=O) groups excluding carboxylic acids is 1. The quantitative estimate of drug-likeness (QED) is 0.939. The second-order valence-electron chi connectivity index (χ2n) is 5.70. The van der Waals surface area contributed by atoms with Crippen LogP contribution in [0.5, 0.6) is 5.75 Å². The molecule has 0 saturated heterocycles. The van der Waals surface area contributed by atoms with Crippen LogP contribution < -0.4 is 10.1 Å². The van der Waals surface area contributed by atoms with Gasteiger partial charge in [-0.05, 0) is 56.4 Å². The lowest BCUT2D eigenvalue weighted by Gasteiger charge is -2.16. The van der Waals surface area contributed by atoms with E-state index in [1.165, 1.54) is 0 Å². The lowest BCUT2D eigenvalue weighted by atomic mass is 9.89. The number of benzene rings is 1. The van der Waals surface area contributed by atoms with Crippen LogP contribution in [0.3, 0.4) is 0 Å². The van der Waals surface area contributed by atoms with Gasteiger partial charge in [0.1, 0.15) is 5.75 Å². The molecule has 0 radical (unpaired) electrons. The Kier molecular flexibility index (Phi) is 4.13. The van der Waals surface area contributed by atoms with Gasteiger partial charge in [0, 0.05) is 11.1 Å². The third-order valence-electron chi connectivity index (χ3n) is 3.95. The van der Waals surface area contributed by atoms with Gasteiger partial charge in [0.2, 0.25) is 5.88 Å². The van der Waals surface area contributed by atoms with E-state index in [1.54, 1.807) is 24.3 Å². The van der Waals surface area contributed by atoms with Gasteiger partial charge in [0.15, 0.2) is 0 Å². The Balaban J connectivity index is 1.73. The maximum atomic E-state index is 12.3. The molecule has 116 valence electrons. The minimum absolute atomic E-state index is 0.194. The summed E-state index contributed by atoms with van der Waals surface area (Å²) in [4.78, 5) is 12.3. The average Bonchev–Trinajstić information content (AvgIpc) is 2.90. The smallest absolute Gasteiger partial charge is 0.258 e. The van der Waals surface area contributed by atoms with Crippen molar-refractivity contribution < 1.29 is 14.1 Å². The van der Waals surface area contributed by atoms with Gasteiger partial charge in [0.05, 0.1) is 12.3 Å². The normalized spacial score (nSPS) is 16.9. The first kappa shape index (κ1) is 14.6. The second-order valence-corrected chi connectivity index (χ2v) is 5.70. The number of rotatable bonds is 4. The first-order valence-corrected chi connectivity index (χ1v) is 7.69. The summed E-state index contributed by atoms with van der Waals surface area (Å²) in [7, 11) is 0. The van der Waals surface area contributed by atoms with E-state index in [1.807, 2.05) is 6.92 Å². The average molecular weight is 300 g/mol. The fourth-order valence-electron chi connectivity index (χ4n) is 2.73. The summed E-state index contributed by atoms with van der Waals surface area (Å²) in [6.07, 6.45) is 2.93. The fourth-order valence-corrected chi connectivity index (χ4v) is 2.73. The number of aromatic nitrogens is 1. The van der Waals surface area contributed by atoms with E-state index in [0.717, 1.165) is 36.3 Å². The molecule has 0 spiro atoms. The summed E-state index contributed by atoms with van der Waals surface area (Å²) in [5, 5.41) is 6.90. The Labute approximate surface area is 129 Å². The van der Waals surface area contributed by atoms with Crippen LogP contribution >= 0.6 is 0 Å². The molecular formula is C17H20N2O3. The summed E-state index contributed by atoms with van der Waals surface area (Å²) in [6.45, 7) is 4.73. The maximum Gasteiger partial charge on any atom is 0.258 e. The topological polar surface area (TPSA) is 64.4 Å². The van der Waals surface area contributed by atoms with E-state index in [9.17, 15) is 4.79 Å². The van der Waals surface area contributed by atoms with Crippen LogP contribution in [0.25, 0.3) is 0 Å². The first-order valence-electron chi connectivity index (χ1n) is 7.69. The molecule has 5 heteroatoms. The van der Waals surface area contributed by atoms with Gasteiger partial charge < -0.3 is 9.26 Å². The van der Waals surface area contributed by atoms with Crippen molar-refractivity contribution in [3.63, 3.8) is 0 Å². The molecule has 1 aliphatic carbocycles. The van der Waals surface area contributed by atoms with Crippen molar-refractivity contribution in [2.75, 3.05) is 11.9 Å². The molecule has 1 N–H and O–H groups in total. The third kappa shape index (κ3) is 2.98. The third-order valence-corrected chi connectivity index (χ3v) is 3.95. The molecule has 0 saturated carbocycles. The van der Waals surface area contributed by atoms with Crippen molar-refractivity contribution >= 4 is 11.8 Å². The zero-order valence-corrected chi connectivity index (χ0v) is 12.9. The predicted octanol–water partition coefficient (Wildman–Crippen LogP) is 3.45. The molecule has 1 atom stereocenters. The highest BCUT2D eigenvalue weighted by atomic mass is 16.5. The largest absolute Gasteiger partial charge is 0.494 e. The predicted molar refractivity (Wildman–Crippen MR) is 83.3 cm³/mol. The van der Waals surface area contributed by atoms with E-state index in [0.29, 0.717) is 24.0 Å². The molecule has 1 heterocycles. The Morgan fingerprint density at radius 3 is 2.91 bits per heavy atom. The van der Waals surface area contributed by atoms with Crippen LogP contribution in [-0.2, 0) is 12.8 Å². The van der Waals surface area contributed by atoms with Crippen molar-refractivity contribution in [2.45, 2.75) is 33.1 Å². The zero-order chi connectivity index (χ0) is 15.5. The van der Waals surface area contributed by atoms with Gasteiger partial charge in [-0.1, -0.05) is 12.1 Å². The van der Waals surface area contributed by atoms with Gasteiger partial charge >= 0.3 is 0 Å². The van der Waals surface area contributed by atoms with E-state index in [2.05, 4.69) is 17.4 Å². The molecular weight excluding hydrogens is 280 g/mol. The number of nitrogens with one attached hydrogen (secondary N) is 1. The van der Waals surface area contributed by atoms with Gasteiger partial charge in [-0.2, -0.15) is 0 Å². The number of amides is 1. The van der Waals surface area contributed by atoms with Crippen LogP contribution in [0.15, 0.2) is 28.8 Å². The molecule has 1 aromatic heterocycles. The second kappa shape index (κ2) is 6.22. The summed E-state index contributed by atoms with van der Waals surface area (Å²) >= 11 is 0. The van der Waals surface area contributed by atoms with E-state index in [-0.39, 0.29) is 5.91 Å².